The van der Waals surface area contributed by atoms with E-state index >= 15 is 0 Å². The number of hydrogen-bond acceptors (Lipinski definition) is 2. The largest absolute Gasteiger partial charge is 0.497 e. The quantitative estimate of drug-likeness (QED) is 0.707. The van der Waals surface area contributed by atoms with Crippen LogP contribution in [-0.4, -0.2) is 37.3 Å². The van der Waals surface area contributed by atoms with Gasteiger partial charge in [0.1, 0.15) is 5.75 Å². The van der Waals surface area contributed by atoms with E-state index in [9.17, 15) is 13.2 Å². The fourth-order valence-corrected chi connectivity index (χ4v) is 8.98. The van der Waals surface area contributed by atoms with Gasteiger partial charge in [0.2, 0.25) is 0 Å². The summed E-state index contributed by atoms with van der Waals surface area (Å²) in [6.45, 7) is -0.0908. The van der Waals surface area contributed by atoms with Crippen molar-refractivity contribution < 1.29 is 17.9 Å². The number of nitrogens with zero attached hydrogens (tertiary/aromatic N) is 1. The van der Waals surface area contributed by atoms with Gasteiger partial charge in [-0.1, -0.05) is 12.5 Å². The zero-order chi connectivity index (χ0) is 19.3. The van der Waals surface area contributed by atoms with Gasteiger partial charge in [-0.05, 0) is 85.0 Å². The first kappa shape index (κ1) is 17.6. The Morgan fingerprint density at radius 3 is 2.86 bits per heavy atom. The van der Waals surface area contributed by atoms with E-state index in [1.807, 2.05) is 0 Å². The van der Waals surface area contributed by atoms with Crippen LogP contribution in [0.5, 0.6) is 5.75 Å². The van der Waals surface area contributed by atoms with Crippen molar-refractivity contribution in [3.63, 3.8) is 0 Å². The summed E-state index contributed by atoms with van der Waals surface area (Å²) in [5, 5.41) is 0. The molecular weight excluding hydrogens is 363 g/mol. The Balaban J connectivity index is 1.51. The van der Waals surface area contributed by atoms with E-state index in [4.69, 9.17) is 4.74 Å². The second kappa shape index (κ2) is 5.47. The summed E-state index contributed by atoms with van der Waals surface area (Å²) in [7, 11) is 1.71. The van der Waals surface area contributed by atoms with Gasteiger partial charge in [0.15, 0.2) is 0 Å². The fourth-order valence-electron chi connectivity index (χ4n) is 8.98. The Labute approximate surface area is 164 Å². The van der Waals surface area contributed by atoms with Gasteiger partial charge in [0.25, 0.3) is 0 Å². The first-order chi connectivity index (χ1) is 13.4. The molecule has 5 unspecified atom stereocenters. The van der Waals surface area contributed by atoms with Crippen LogP contribution in [0.3, 0.4) is 0 Å². The molecule has 3 saturated carbocycles. The van der Waals surface area contributed by atoms with Crippen LogP contribution in [0.4, 0.5) is 13.2 Å². The van der Waals surface area contributed by atoms with Crippen molar-refractivity contribution in [2.24, 2.45) is 23.2 Å². The second-order valence-corrected chi connectivity index (χ2v) is 10.1. The minimum absolute atomic E-state index is 0.0754. The van der Waals surface area contributed by atoms with Crippen LogP contribution in [-0.2, 0) is 11.8 Å². The second-order valence-electron chi connectivity index (χ2n) is 10.1. The van der Waals surface area contributed by atoms with Gasteiger partial charge in [0.05, 0.1) is 13.7 Å². The highest BCUT2D eigenvalue weighted by atomic mass is 19.4. The first-order valence-corrected chi connectivity index (χ1v) is 10.9. The number of likely N-dealkylation sites (tertiary alicyclic amines) is 1. The van der Waals surface area contributed by atoms with E-state index in [-0.39, 0.29) is 11.5 Å². The maximum Gasteiger partial charge on any atom is 0.401 e. The summed E-state index contributed by atoms with van der Waals surface area (Å²) < 4.78 is 45.4. The number of benzene rings is 1. The summed E-state index contributed by atoms with van der Waals surface area (Å²) in [5.41, 5.74) is 3.28. The standard InChI is InChI=1S/C23H28F3NO/c1-28-17-5-4-14-9-16-3-2-7-22(18(14)10-17)20-15-11-21(16,22)8-6-19(20)27(12-15)13-23(24,25)26/h4-5,10,15-16,19-20H,2-3,6-9,11-13H2,1H3/t15-,16?,19?,20?,21?,22?/m1/s1. The van der Waals surface area contributed by atoms with Crippen LogP contribution in [0.25, 0.3) is 0 Å². The van der Waals surface area contributed by atoms with Crippen LogP contribution < -0.4 is 4.74 Å². The molecule has 28 heavy (non-hydrogen) atoms. The predicted molar refractivity (Wildman–Crippen MR) is 100 cm³/mol. The molecule has 5 aliphatic rings. The van der Waals surface area contributed by atoms with Crippen LogP contribution in [0.1, 0.15) is 49.7 Å². The lowest BCUT2D eigenvalue weighted by Crippen LogP contribution is -2.62. The van der Waals surface area contributed by atoms with E-state index in [0.29, 0.717) is 29.7 Å². The Morgan fingerprint density at radius 2 is 2.07 bits per heavy atom. The molecule has 0 spiro atoms. The van der Waals surface area contributed by atoms with E-state index < -0.39 is 12.7 Å². The van der Waals surface area contributed by atoms with Crippen molar-refractivity contribution in [1.82, 2.24) is 4.90 Å². The molecule has 1 aromatic rings. The van der Waals surface area contributed by atoms with Crippen LogP contribution >= 0.6 is 0 Å². The highest BCUT2D eigenvalue weighted by Gasteiger charge is 2.74. The number of alkyl halides is 3. The van der Waals surface area contributed by atoms with Crippen LogP contribution in [0, 0.1) is 23.2 Å². The zero-order valence-electron chi connectivity index (χ0n) is 16.4. The van der Waals surface area contributed by atoms with Crippen molar-refractivity contribution >= 4 is 0 Å². The van der Waals surface area contributed by atoms with E-state index in [1.165, 1.54) is 24.0 Å². The molecule has 1 aromatic carbocycles. The summed E-state index contributed by atoms with van der Waals surface area (Å²) in [6.07, 6.45) is 3.92. The lowest BCUT2D eigenvalue weighted by Gasteiger charge is -2.64. The highest BCUT2D eigenvalue weighted by molar-refractivity contribution is 5.50. The van der Waals surface area contributed by atoms with Gasteiger partial charge >= 0.3 is 6.18 Å². The van der Waals surface area contributed by atoms with Gasteiger partial charge in [-0.2, -0.15) is 13.2 Å². The lowest BCUT2D eigenvalue weighted by atomic mass is 9.41. The number of ether oxygens (including phenoxy) is 1. The summed E-state index contributed by atoms with van der Waals surface area (Å²) in [5.74, 6) is 2.42. The molecule has 1 aliphatic heterocycles. The molecule has 0 radical (unpaired) electrons. The van der Waals surface area contributed by atoms with Crippen molar-refractivity contribution in [1.29, 1.82) is 0 Å². The Bertz CT molecular complexity index is 823. The molecule has 152 valence electrons. The molecule has 1 heterocycles. The van der Waals surface area contributed by atoms with Gasteiger partial charge in [-0.15, -0.1) is 0 Å². The molecule has 0 aromatic heterocycles. The third-order valence-electron chi connectivity index (χ3n) is 9.38. The van der Waals surface area contributed by atoms with E-state index in [0.717, 1.165) is 37.9 Å². The number of halogens is 3. The van der Waals surface area contributed by atoms with Gasteiger partial charge in [-0.3, -0.25) is 4.90 Å². The monoisotopic (exact) mass is 391 g/mol. The molecule has 0 N–H and O–H groups in total. The summed E-state index contributed by atoms with van der Waals surface area (Å²) in [4.78, 5) is 1.80. The molecule has 6 rings (SSSR count). The average Bonchev–Trinajstić information content (AvgIpc) is 3.05. The number of hydrogen-bond donors (Lipinski definition) is 0. The third-order valence-corrected chi connectivity index (χ3v) is 9.38. The summed E-state index contributed by atoms with van der Waals surface area (Å²) >= 11 is 0. The Kier molecular flexibility index (Phi) is 3.44. The molecule has 4 aliphatic carbocycles. The molecule has 1 saturated heterocycles. The van der Waals surface area contributed by atoms with Crippen LogP contribution in [0.15, 0.2) is 18.2 Å². The van der Waals surface area contributed by atoms with Gasteiger partial charge < -0.3 is 4.74 Å². The Hall–Kier alpha value is -1.23. The molecule has 0 amide bonds. The van der Waals surface area contributed by atoms with Crippen molar-refractivity contribution in [2.75, 3.05) is 20.2 Å². The number of fused-ring (bicyclic) bond motifs is 1. The zero-order valence-corrected chi connectivity index (χ0v) is 16.4. The fraction of sp³-hybridized carbons (Fsp3) is 0.739. The minimum Gasteiger partial charge on any atom is -0.497 e. The van der Waals surface area contributed by atoms with Crippen molar-refractivity contribution in [2.45, 2.75) is 62.6 Å². The lowest BCUT2D eigenvalue weighted by molar-refractivity contribution is -0.156. The molecule has 2 nitrogen and oxygen atoms in total. The normalized spacial score (nSPS) is 43.6. The molecule has 4 fully saturated rings. The molecule has 6 atom stereocenters. The third kappa shape index (κ3) is 1.99. The first-order valence-electron chi connectivity index (χ1n) is 10.9. The maximum absolute atomic E-state index is 13.3. The van der Waals surface area contributed by atoms with Crippen molar-refractivity contribution in [3.05, 3.63) is 29.3 Å². The van der Waals surface area contributed by atoms with Gasteiger partial charge in [-0.25, -0.2) is 0 Å². The van der Waals surface area contributed by atoms with Crippen molar-refractivity contribution in [3.8, 4) is 5.75 Å². The Morgan fingerprint density at radius 1 is 1.21 bits per heavy atom. The minimum atomic E-state index is -4.10. The van der Waals surface area contributed by atoms with E-state index in [1.54, 1.807) is 12.0 Å². The molecule has 4 bridgehead atoms. The predicted octanol–water partition coefficient (Wildman–Crippen LogP) is 4.95. The summed E-state index contributed by atoms with van der Waals surface area (Å²) in [6, 6.07) is 6.66. The topological polar surface area (TPSA) is 12.5 Å². The highest BCUT2D eigenvalue weighted by Crippen LogP contribution is 2.77. The number of methoxy groups -OCH3 is 1. The maximum atomic E-state index is 13.3. The SMILES string of the molecule is COc1ccc2c(c1)C13CCCC(C2)C12CCC1C3[C@@H](CN1CC(F)(F)F)C2. The van der Waals surface area contributed by atoms with Gasteiger partial charge in [0, 0.05) is 18.0 Å². The smallest absolute Gasteiger partial charge is 0.401 e. The van der Waals surface area contributed by atoms with E-state index in [2.05, 4.69) is 18.2 Å². The number of rotatable bonds is 2. The molecule has 5 heteroatoms. The van der Waals surface area contributed by atoms with Crippen LogP contribution in [0.2, 0.25) is 0 Å². The molecular formula is C23H28F3NO. The average molecular weight is 391 g/mol.